The first-order chi connectivity index (χ1) is 12.1. The minimum Gasteiger partial charge on any atom is -0.337 e. The summed E-state index contributed by atoms with van der Waals surface area (Å²) in [5.41, 5.74) is 0.820. The monoisotopic (exact) mass is 362 g/mol. The second-order valence-corrected chi connectivity index (χ2v) is 6.69. The van der Waals surface area contributed by atoms with Gasteiger partial charge >= 0.3 is 6.03 Å². The highest BCUT2D eigenvalue weighted by Crippen LogP contribution is 2.19. The van der Waals surface area contributed by atoms with Crippen LogP contribution in [0.1, 0.15) is 36.2 Å². The molecule has 2 heterocycles. The van der Waals surface area contributed by atoms with Gasteiger partial charge in [-0.1, -0.05) is 12.8 Å². The number of hydrogen-bond donors (Lipinski definition) is 2. The van der Waals surface area contributed by atoms with Crippen LogP contribution in [0.5, 0.6) is 0 Å². The van der Waals surface area contributed by atoms with Crippen LogP contribution in [-0.2, 0) is 0 Å². The van der Waals surface area contributed by atoms with Crippen LogP contribution in [0, 0.1) is 5.82 Å². The fourth-order valence-electron chi connectivity index (χ4n) is 2.66. The number of hydrogen-bond acceptors (Lipinski definition) is 4. The molecule has 1 aromatic carbocycles. The van der Waals surface area contributed by atoms with Gasteiger partial charge < -0.3 is 10.2 Å². The van der Waals surface area contributed by atoms with Gasteiger partial charge in [0.15, 0.2) is 5.13 Å². The molecule has 0 bridgehead atoms. The summed E-state index contributed by atoms with van der Waals surface area (Å²) in [6, 6.07) is 4.96. The van der Waals surface area contributed by atoms with Gasteiger partial charge in [-0.2, -0.15) is 0 Å². The van der Waals surface area contributed by atoms with Gasteiger partial charge in [-0.25, -0.2) is 14.2 Å². The average Bonchev–Trinajstić information content (AvgIpc) is 2.89. The molecule has 132 valence electrons. The third kappa shape index (κ3) is 4.76. The van der Waals surface area contributed by atoms with Gasteiger partial charge in [0.2, 0.25) is 0 Å². The Hall–Kier alpha value is -2.48. The van der Waals surface area contributed by atoms with E-state index in [-0.39, 0.29) is 11.7 Å². The third-order valence-corrected chi connectivity index (χ3v) is 4.70. The molecule has 2 aromatic rings. The minimum atomic E-state index is -0.491. The van der Waals surface area contributed by atoms with E-state index in [0.29, 0.717) is 16.5 Å². The van der Waals surface area contributed by atoms with Crippen molar-refractivity contribution in [3.05, 3.63) is 41.2 Å². The maximum atomic E-state index is 12.9. The molecular formula is C17H19FN4O2S. The van der Waals surface area contributed by atoms with Gasteiger partial charge in [0.1, 0.15) is 11.5 Å². The van der Waals surface area contributed by atoms with Crippen molar-refractivity contribution in [3.8, 4) is 0 Å². The lowest BCUT2D eigenvalue weighted by Gasteiger charge is -2.18. The zero-order valence-electron chi connectivity index (χ0n) is 13.6. The van der Waals surface area contributed by atoms with Crippen LogP contribution in [0.2, 0.25) is 0 Å². The van der Waals surface area contributed by atoms with Gasteiger partial charge in [-0.05, 0) is 37.1 Å². The third-order valence-electron chi connectivity index (χ3n) is 3.94. The minimum absolute atomic E-state index is 0.0925. The fraction of sp³-hybridized carbons (Fsp3) is 0.353. The highest BCUT2D eigenvalue weighted by atomic mass is 32.1. The van der Waals surface area contributed by atoms with Crippen LogP contribution in [0.3, 0.4) is 0 Å². The summed E-state index contributed by atoms with van der Waals surface area (Å²) >= 11 is 1.20. The number of rotatable bonds is 3. The van der Waals surface area contributed by atoms with Gasteiger partial charge in [-0.3, -0.25) is 10.1 Å². The van der Waals surface area contributed by atoms with Crippen molar-refractivity contribution in [3.63, 3.8) is 0 Å². The standard InChI is InChI=1S/C17H19FN4O2S/c18-12-5-7-13(8-6-12)19-16(24)21-17-20-14(11-25-17)15(23)22-9-3-1-2-4-10-22/h5-8,11H,1-4,9-10H2,(H2,19,20,21,24). The number of likely N-dealkylation sites (tertiary alicyclic amines) is 1. The van der Waals surface area contributed by atoms with Crippen molar-refractivity contribution in [2.45, 2.75) is 25.7 Å². The van der Waals surface area contributed by atoms with Crippen LogP contribution in [0.4, 0.5) is 20.0 Å². The van der Waals surface area contributed by atoms with E-state index in [4.69, 9.17) is 0 Å². The highest BCUT2D eigenvalue weighted by Gasteiger charge is 2.20. The molecule has 3 amide bonds. The zero-order chi connectivity index (χ0) is 17.6. The molecule has 0 aliphatic carbocycles. The second-order valence-electron chi connectivity index (χ2n) is 5.83. The molecule has 0 saturated carbocycles. The Morgan fingerprint density at radius 1 is 1.04 bits per heavy atom. The van der Waals surface area contributed by atoms with E-state index in [1.54, 1.807) is 5.38 Å². The summed E-state index contributed by atoms with van der Waals surface area (Å²) in [6.07, 6.45) is 4.33. The van der Waals surface area contributed by atoms with Crippen molar-refractivity contribution in [1.29, 1.82) is 0 Å². The lowest BCUT2D eigenvalue weighted by atomic mass is 10.2. The maximum absolute atomic E-state index is 12.9. The fourth-order valence-corrected chi connectivity index (χ4v) is 3.34. The topological polar surface area (TPSA) is 74.3 Å². The van der Waals surface area contributed by atoms with E-state index in [1.165, 1.54) is 35.6 Å². The molecule has 1 fully saturated rings. The van der Waals surface area contributed by atoms with E-state index in [0.717, 1.165) is 38.8 Å². The molecule has 2 N–H and O–H groups in total. The zero-order valence-corrected chi connectivity index (χ0v) is 14.4. The molecule has 0 spiro atoms. The first-order valence-electron chi connectivity index (χ1n) is 8.20. The Balaban J connectivity index is 1.58. The van der Waals surface area contributed by atoms with Gasteiger partial charge in [-0.15, -0.1) is 11.3 Å². The number of nitrogens with zero attached hydrogens (tertiary/aromatic N) is 2. The van der Waals surface area contributed by atoms with Crippen molar-refractivity contribution >= 4 is 34.1 Å². The lowest BCUT2D eigenvalue weighted by Crippen LogP contribution is -2.32. The van der Waals surface area contributed by atoms with Gasteiger partial charge in [0.25, 0.3) is 5.91 Å². The maximum Gasteiger partial charge on any atom is 0.325 e. The molecule has 8 heteroatoms. The van der Waals surface area contributed by atoms with E-state index in [9.17, 15) is 14.0 Å². The molecule has 1 aliphatic heterocycles. The lowest BCUT2D eigenvalue weighted by molar-refractivity contribution is 0.0756. The highest BCUT2D eigenvalue weighted by molar-refractivity contribution is 7.14. The number of thiazole rings is 1. The number of carbonyl (C=O) groups excluding carboxylic acids is 2. The smallest absolute Gasteiger partial charge is 0.325 e. The SMILES string of the molecule is O=C(Nc1ccc(F)cc1)Nc1nc(C(=O)N2CCCCCC2)cs1. The first-order valence-corrected chi connectivity index (χ1v) is 9.08. The molecule has 0 unspecified atom stereocenters. The molecule has 1 aromatic heterocycles. The molecule has 3 rings (SSSR count). The van der Waals surface area contributed by atoms with E-state index in [1.807, 2.05) is 4.90 Å². The second kappa shape index (κ2) is 8.06. The van der Waals surface area contributed by atoms with Crippen LogP contribution >= 0.6 is 11.3 Å². The Morgan fingerprint density at radius 3 is 2.40 bits per heavy atom. The first kappa shape index (κ1) is 17.3. The number of aromatic nitrogens is 1. The number of anilines is 2. The molecule has 6 nitrogen and oxygen atoms in total. The summed E-state index contributed by atoms with van der Waals surface area (Å²) in [7, 11) is 0. The van der Waals surface area contributed by atoms with E-state index in [2.05, 4.69) is 15.6 Å². The number of amides is 3. The Bertz CT molecular complexity index is 739. The van der Waals surface area contributed by atoms with Gasteiger partial charge in [0.05, 0.1) is 0 Å². The van der Waals surface area contributed by atoms with Crippen molar-refractivity contribution < 1.29 is 14.0 Å². The van der Waals surface area contributed by atoms with Crippen LogP contribution in [-0.4, -0.2) is 34.9 Å². The average molecular weight is 362 g/mol. The van der Waals surface area contributed by atoms with Crippen molar-refractivity contribution in [2.24, 2.45) is 0 Å². The quantitative estimate of drug-likeness (QED) is 0.868. The molecular weight excluding hydrogens is 343 g/mol. The number of carbonyl (C=O) groups is 2. The molecule has 1 saturated heterocycles. The van der Waals surface area contributed by atoms with Crippen molar-refractivity contribution in [1.82, 2.24) is 9.88 Å². The molecule has 0 radical (unpaired) electrons. The van der Waals surface area contributed by atoms with Crippen LogP contribution in [0.25, 0.3) is 0 Å². The number of urea groups is 1. The summed E-state index contributed by atoms with van der Waals surface area (Å²) in [4.78, 5) is 30.5. The Kier molecular flexibility index (Phi) is 5.60. The number of benzene rings is 1. The summed E-state index contributed by atoms with van der Waals surface area (Å²) < 4.78 is 12.9. The van der Waals surface area contributed by atoms with Crippen LogP contribution < -0.4 is 10.6 Å². The van der Waals surface area contributed by atoms with E-state index >= 15 is 0 Å². The largest absolute Gasteiger partial charge is 0.337 e. The predicted molar refractivity (Wildman–Crippen MR) is 95.5 cm³/mol. The van der Waals surface area contributed by atoms with Crippen LogP contribution in [0.15, 0.2) is 29.6 Å². The molecule has 1 aliphatic rings. The summed E-state index contributed by atoms with van der Waals surface area (Å²) in [5.74, 6) is -0.465. The summed E-state index contributed by atoms with van der Waals surface area (Å²) in [6.45, 7) is 1.51. The molecule has 25 heavy (non-hydrogen) atoms. The predicted octanol–water partition coefficient (Wildman–Crippen LogP) is 3.94. The number of nitrogens with one attached hydrogen (secondary N) is 2. The number of halogens is 1. The summed E-state index contributed by atoms with van der Waals surface area (Å²) in [5, 5.41) is 7.17. The Labute approximate surface area is 149 Å². The van der Waals surface area contributed by atoms with Crippen molar-refractivity contribution in [2.75, 3.05) is 23.7 Å². The molecule has 0 atom stereocenters. The van der Waals surface area contributed by atoms with Gasteiger partial charge in [0, 0.05) is 24.2 Å². The van der Waals surface area contributed by atoms with E-state index < -0.39 is 6.03 Å². The normalized spacial score (nSPS) is 14.7. The Morgan fingerprint density at radius 2 is 1.72 bits per heavy atom.